The Hall–Kier alpha value is -2.37. The summed E-state index contributed by atoms with van der Waals surface area (Å²) in [4.78, 5) is 24.8. The van der Waals surface area contributed by atoms with Crippen LogP contribution in [0.2, 0.25) is 0 Å². The maximum absolute atomic E-state index is 13.0. The summed E-state index contributed by atoms with van der Waals surface area (Å²) >= 11 is 0. The van der Waals surface area contributed by atoms with Gasteiger partial charge in [-0.15, -0.1) is 0 Å². The Morgan fingerprint density at radius 2 is 2.09 bits per heavy atom. The number of hydrogen-bond donors (Lipinski definition) is 1. The molecule has 6 heteroatoms. The molecule has 1 aliphatic heterocycles. The number of ether oxygens (including phenoxy) is 1. The Morgan fingerprint density at radius 3 is 2.68 bits per heavy atom. The molecule has 118 valence electrons. The molecule has 0 aliphatic carbocycles. The van der Waals surface area contributed by atoms with Gasteiger partial charge < -0.3 is 14.7 Å². The minimum atomic E-state index is -0.976. The lowest BCUT2D eigenvalue weighted by molar-refractivity contribution is -0.139. The average Bonchev–Trinajstić information content (AvgIpc) is 2.92. The topological polar surface area (TPSA) is 66.8 Å². The van der Waals surface area contributed by atoms with Crippen LogP contribution in [0.5, 0.6) is 0 Å². The van der Waals surface area contributed by atoms with Crippen molar-refractivity contribution in [3.8, 4) is 0 Å². The number of carboxylic acid groups (broad SMARTS) is 1. The minimum absolute atomic E-state index is 0.240. The summed E-state index contributed by atoms with van der Waals surface area (Å²) in [6.07, 6.45) is 2.97. The zero-order chi connectivity index (χ0) is 16.1. The molecule has 1 aromatic rings. The number of nitrogens with zero attached hydrogens (tertiary/aromatic N) is 1. The Labute approximate surface area is 128 Å². The second-order valence-electron chi connectivity index (χ2n) is 5.15. The monoisotopic (exact) mass is 307 g/mol. The molecule has 1 fully saturated rings. The molecular weight excluding hydrogens is 289 g/mol. The van der Waals surface area contributed by atoms with E-state index in [0.29, 0.717) is 18.5 Å². The molecule has 5 nitrogen and oxygen atoms in total. The first kappa shape index (κ1) is 16.0. The van der Waals surface area contributed by atoms with E-state index < -0.39 is 23.7 Å². The predicted molar refractivity (Wildman–Crippen MR) is 77.7 cm³/mol. The van der Waals surface area contributed by atoms with Crippen LogP contribution in [0.4, 0.5) is 4.39 Å². The molecule has 0 spiro atoms. The van der Waals surface area contributed by atoms with Crippen LogP contribution in [-0.2, 0) is 14.3 Å². The van der Waals surface area contributed by atoms with Crippen molar-refractivity contribution >= 4 is 11.9 Å². The highest BCUT2D eigenvalue weighted by Crippen LogP contribution is 2.26. The number of benzene rings is 1. The molecule has 1 unspecified atom stereocenters. The van der Waals surface area contributed by atoms with Crippen LogP contribution in [0, 0.1) is 5.82 Å². The lowest BCUT2D eigenvalue weighted by atomic mass is 9.98. The van der Waals surface area contributed by atoms with E-state index >= 15 is 0 Å². The van der Waals surface area contributed by atoms with E-state index in [4.69, 9.17) is 0 Å². The van der Waals surface area contributed by atoms with E-state index in [1.807, 2.05) is 4.90 Å². The highest BCUT2D eigenvalue weighted by atomic mass is 19.1. The quantitative estimate of drug-likeness (QED) is 0.667. The fraction of sp³-hybridized carbons (Fsp3) is 0.375. The molecule has 2 rings (SSSR count). The van der Waals surface area contributed by atoms with Gasteiger partial charge in [0.05, 0.1) is 13.0 Å². The predicted octanol–water partition coefficient (Wildman–Crippen LogP) is 2.15. The molecule has 1 heterocycles. The minimum Gasteiger partial charge on any atom is -0.481 e. The van der Waals surface area contributed by atoms with E-state index in [1.165, 1.54) is 37.5 Å². The number of esters is 1. The van der Waals surface area contributed by atoms with Gasteiger partial charge in [0.2, 0.25) is 0 Å². The first-order valence-electron chi connectivity index (χ1n) is 7.03. The Bertz CT molecular complexity index is 582. The molecule has 0 aromatic heterocycles. The van der Waals surface area contributed by atoms with E-state index in [-0.39, 0.29) is 6.54 Å². The first-order valence-corrected chi connectivity index (χ1v) is 7.03. The number of carboxylic acids is 1. The summed E-state index contributed by atoms with van der Waals surface area (Å²) in [5.41, 5.74) is 1.32. The maximum Gasteiger partial charge on any atom is 0.332 e. The summed E-state index contributed by atoms with van der Waals surface area (Å²) in [5.74, 6) is -2.61. The van der Waals surface area contributed by atoms with E-state index in [2.05, 4.69) is 4.74 Å². The summed E-state index contributed by atoms with van der Waals surface area (Å²) in [6.45, 7) is 0.928. The van der Waals surface area contributed by atoms with Gasteiger partial charge in [-0.25, -0.2) is 9.18 Å². The normalized spacial score (nSPS) is 17.5. The summed E-state index contributed by atoms with van der Waals surface area (Å²) in [5, 5.41) is 9.44. The lowest BCUT2D eigenvalue weighted by Gasteiger charge is -2.24. The number of carbonyl (C=O) groups excluding carboxylic acids is 1. The molecule has 0 bridgehead atoms. The maximum atomic E-state index is 13.0. The smallest absolute Gasteiger partial charge is 0.332 e. The van der Waals surface area contributed by atoms with Crippen LogP contribution in [0.25, 0.3) is 0 Å². The van der Waals surface area contributed by atoms with Crippen LogP contribution >= 0.6 is 0 Å². The van der Waals surface area contributed by atoms with Gasteiger partial charge in [0.25, 0.3) is 0 Å². The van der Waals surface area contributed by atoms with Gasteiger partial charge in [0.1, 0.15) is 5.82 Å². The lowest BCUT2D eigenvalue weighted by Crippen LogP contribution is -2.29. The fourth-order valence-electron chi connectivity index (χ4n) is 2.56. The van der Waals surface area contributed by atoms with Crippen LogP contribution in [0.3, 0.4) is 0 Å². The molecule has 1 aliphatic rings. The molecular formula is C16H18FNO4. The van der Waals surface area contributed by atoms with E-state index in [0.717, 1.165) is 12.1 Å². The second-order valence-corrected chi connectivity index (χ2v) is 5.15. The van der Waals surface area contributed by atoms with Gasteiger partial charge >= 0.3 is 11.9 Å². The summed E-state index contributed by atoms with van der Waals surface area (Å²) in [6, 6.07) is 5.46. The molecule has 1 saturated heterocycles. The summed E-state index contributed by atoms with van der Waals surface area (Å²) in [7, 11) is 1.30. The first-order chi connectivity index (χ1) is 10.5. The number of aliphatic carboxylic acids is 1. The molecule has 0 saturated carbocycles. The average molecular weight is 307 g/mol. The third-order valence-electron chi connectivity index (χ3n) is 3.73. The number of halogens is 1. The van der Waals surface area contributed by atoms with Gasteiger partial charge in [-0.2, -0.15) is 0 Å². The molecule has 0 radical (unpaired) electrons. The van der Waals surface area contributed by atoms with Crippen LogP contribution in [0.1, 0.15) is 24.3 Å². The van der Waals surface area contributed by atoms with Crippen molar-refractivity contribution in [3.63, 3.8) is 0 Å². The van der Waals surface area contributed by atoms with Gasteiger partial charge in [-0.3, -0.25) is 4.79 Å². The van der Waals surface area contributed by atoms with Crippen molar-refractivity contribution in [1.82, 2.24) is 4.90 Å². The van der Waals surface area contributed by atoms with E-state index in [1.54, 1.807) is 0 Å². The zero-order valence-corrected chi connectivity index (χ0v) is 12.3. The third-order valence-corrected chi connectivity index (χ3v) is 3.73. The number of methoxy groups -OCH3 is 1. The van der Waals surface area contributed by atoms with Crippen molar-refractivity contribution in [3.05, 3.63) is 47.4 Å². The molecule has 22 heavy (non-hydrogen) atoms. The van der Waals surface area contributed by atoms with Crippen molar-refractivity contribution in [2.45, 2.75) is 18.8 Å². The van der Waals surface area contributed by atoms with Crippen molar-refractivity contribution in [2.24, 2.45) is 0 Å². The number of allylic oxidation sites excluding steroid dienone is 1. The summed E-state index contributed by atoms with van der Waals surface area (Å²) < 4.78 is 17.6. The van der Waals surface area contributed by atoms with Crippen molar-refractivity contribution in [2.75, 3.05) is 20.2 Å². The largest absolute Gasteiger partial charge is 0.481 e. The third kappa shape index (κ3) is 3.84. The molecule has 0 amide bonds. The molecule has 1 aromatic carbocycles. The van der Waals surface area contributed by atoms with Crippen LogP contribution < -0.4 is 0 Å². The van der Waals surface area contributed by atoms with E-state index in [9.17, 15) is 19.1 Å². The Balaban J connectivity index is 2.17. The van der Waals surface area contributed by atoms with Crippen molar-refractivity contribution in [1.29, 1.82) is 0 Å². The standard InChI is InChI=1S/C16H18FNO4/c1-22-15(19)9-13-3-2-8-18(13)10-14(16(20)21)11-4-6-12(17)7-5-11/h4-7,9,14H,2-3,8,10H2,1H3,(H,20,21). The van der Waals surface area contributed by atoms with Gasteiger partial charge in [0.15, 0.2) is 0 Å². The SMILES string of the molecule is COC(=O)C=C1CCCN1CC(C(=O)O)c1ccc(F)cc1. The van der Waals surface area contributed by atoms with Crippen LogP contribution in [0.15, 0.2) is 36.0 Å². The molecule has 1 atom stereocenters. The molecule has 1 N–H and O–H groups in total. The van der Waals surface area contributed by atoms with Gasteiger partial charge in [0, 0.05) is 24.9 Å². The number of hydrogen-bond acceptors (Lipinski definition) is 4. The number of carbonyl (C=O) groups is 2. The van der Waals surface area contributed by atoms with Crippen LogP contribution in [-0.4, -0.2) is 42.1 Å². The Morgan fingerprint density at radius 1 is 1.41 bits per heavy atom. The highest BCUT2D eigenvalue weighted by molar-refractivity contribution is 5.82. The fourth-order valence-corrected chi connectivity index (χ4v) is 2.56. The van der Waals surface area contributed by atoms with Gasteiger partial charge in [-0.1, -0.05) is 12.1 Å². The highest BCUT2D eigenvalue weighted by Gasteiger charge is 2.27. The number of likely N-dealkylation sites (tertiary alicyclic amines) is 1. The number of rotatable bonds is 5. The second kappa shape index (κ2) is 7.06. The van der Waals surface area contributed by atoms with Crippen molar-refractivity contribution < 1.29 is 23.8 Å². The Kier molecular flexibility index (Phi) is 5.14. The zero-order valence-electron chi connectivity index (χ0n) is 12.3. The van der Waals surface area contributed by atoms with Gasteiger partial charge in [-0.05, 0) is 30.5 Å².